The van der Waals surface area contributed by atoms with Crippen LogP contribution < -0.4 is 5.32 Å². The first kappa shape index (κ1) is 20.2. The summed E-state index contributed by atoms with van der Waals surface area (Å²) in [6.45, 7) is 1.08. The van der Waals surface area contributed by atoms with Crippen molar-refractivity contribution in [3.63, 3.8) is 0 Å². The largest absolute Gasteiger partial charge is 0.417 e. The van der Waals surface area contributed by atoms with Gasteiger partial charge in [-0.25, -0.2) is 4.98 Å². The van der Waals surface area contributed by atoms with Crippen molar-refractivity contribution in [3.8, 4) is 11.3 Å². The van der Waals surface area contributed by atoms with Gasteiger partial charge in [0.2, 0.25) is 0 Å². The molecule has 2 N–H and O–H groups in total. The van der Waals surface area contributed by atoms with Crippen LogP contribution in [0.25, 0.3) is 22.3 Å². The Morgan fingerprint density at radius 2 is 1.83 bits per heavy atom. The average Bonchev–Trinajstić information content (AvgIpc) is 3.35. The number of alkyl halides is 3. The molecule has 4 rings (SSSR count). The Hall–Kier alpha value is -3.07. The lowest BCUT2D eigenvalue weighted by molar-refractivity contribution is -0.142. The maximum atomic E-state index is 13.4. The third kappa shape index (κ3) is 3.97. The molecule has 2 aromatic heterocycles. The van der Waals surface area contributed by atoms with E-state index < -0.39 is 23.6 Å². The van der Waals surface area contributed by atoms with Gasteiger partial charge in [0.25, 0.3) is 0 Å². The number of benzene rings is 1. The van der Waals surface area contributed by atoms with Crippen molar-refractivity contribution in [2.24, 2.45) is 0 Å². The van der Waals surface area contributed by atoms with Crippen LogP contribution in [0.1, 0.15) is 18.4 Å². The fraction of sp³-hybridized carbons (Fsp3) is 0.250. The summed E-state index contributed by atoms with van der Waals surface area (Å²) in [4.78, 5) is 32.8. The number of nitrogens with zero attached hydrogens (tertiary/aromatic N) is 2. The topological polar surface area (TPSA) is 78.1 Å². The predicted octanol–water partition coefficient (Wildman–Crippen LogP) is 4.46. The molecule has 1 aliphatic heterocycles. The normalized spacial score (nSPS) is 14.3. The first-order valence-electron chi connectivity index (χ1n) is 9.19. The van der Waals surface area contributed by atoms with Crippen LogP contribution >= 0.6 is 11.6 Å². The van der Waals surface area contributed by atoms with Crippen molar-refractivity contribution in [2.75, 3.05) is 18.4 Å². The van der Waals surface area contributed by atoms with Crippen LogP contribution in [0, 0.1) is 0 Å². The van der Waals surface area contributed by atoms with Crippen LogP contribution in [-0.4, -0.2) is 39.8 Å². The van der Waals surface area contributed by atoms with Crippen molar-refractivity contribution in [1.82, 2.24) is 14.9 Å². The second-order valence-electron chi connectivity index (χ2n) is 6.96. The molecule has 0 unspecified atom stereocenters. The van der Waals surface area contributed by atoms with Crippen LogP contribution in [0.5, 0.6) is 0 Å². The second kappa shape index (κ2) is 7.64. The van der Waals surface area contributed by atoms with E-state index in [1.165, 1.54) is 29.2 Å². The van der Waals surface area contributed by atoms with Gasteiger partial charge in [-0.2, -0.15) is 13.2 Å². The van der Waals surface area contributed by atoms with Crippen LogP contribution in [0.4, 0.5) is 19.0 Å². The number of anilines is 1. The number of aromatic amines is 1. The summed E-state index contributed by atoms with van der Waals surface area (Å²) in [7, 11) is 0. The van der Waals surface area contributed by atoms with E-state index in [-0.39, 0.29) is 27.7 Å². The second-order valence-corrected chi connectivity index (χ2v) is 7.39. The fourth-order valence-corrected chi connectivity index (χ4v) is 3.61. The summed E-state index contributed by atoms with van der Waals surface area (Å²) in [6, 6.07) is 7.93. The Morgan fingerprint density at radius 1 is 1.10 bits per heavy atom. The van der Waals surface area contributed by atoms with Crippen LogP contribution in [0.15, 0.2) is 36.4 Å². The number of fused-ring (bicyclic) bond motifs is 1. The molecule has 1 fully saturated rings. The minimum atomic E-state index is -4.56. The number of H-pyrrole nitrogens is 1. The Morgan fingerprint density at radius 3 is 2.53 bits per heavy atom. The number of halogens is 4. The summed E-state index contributed by atoms with van der Waals surface area (Å²) in [5.41, 5.74) is -0.487. The average molecular weight is 437 g/mol. The smallest absolute Gasteiger partial charge is 0.339 e. The molecule has 0 atom stereocenters. The molecule has 3 heterocycles. The summed E-state index contributed by atoms with van der Waals surface area (Å²) in [5.74, 6) is -1.31. The summed E-state index contributed by atoms with van der Waals surface area (Å²) >= 11 is 5.90. The molecule has 0 radical (unpaired) electrons. The molecule has 1 saturated heterocycles. The number of aromatic nitrogens is 2. The van der Waals surface area contributed by atoms with Gasteiger partial charge in [0.1, 0.15) is 11.5 Å². The third-order valence-electron chi connectivity index (χ3n) is 4.89. The van der Waals surface area contributed by atoms with E-state index in [1.54, 1.807) is 6.07 Å². The van der Waals surface area contributed by atoms with Crippen LogP contribution in [0.2, 0.25) is 5.02 Å². The molecule has 6 nitrogen and oxygen atoms in total. The fourth-order valence-electron chi connectivity index (χ4n) is 3.44. The van der Waals surface area contributed by atoms with Crippen LogP contribution in [0.3, 0.4) is 0 Å². The number of hydrogen-bond donors (Lipinski definition) is 2. The maximum Gasteiger partial charge on any atom is 0.417 e. The molecule has 0 aliphatic carbocycles. The monoisotopic (exact) mass is 436 g/mol. The summed E-state index contributed by atoms with van der Waals surface area (Å²) in [5, 5.41) is 3.15. The zero-order valence-corrected chi connectivity index (χ0v) is 16.3. The molecular weight excluding hydrogens is 421 g/mol. The molecule has 2 amide bonds. The van der Waals surface area contributed by atoms with E-state index in [4.69, 9.17) is 11.6 Å². The van der Waals surface area contributed by atoms with Gasteiger partial charge in [-0.3, -0.25) is 9.59 Å². The van der Waals surface area contributed by atoms with Gasteiger partial charge in [0.15, 0.2) is 0 Å². The van der Waals surface area contributed by atoms with E-state index >= 15 is 0 Å². The number of amides is 2. The van der Waals surface area contributed by atoms with Gasteiger partial charge in [0.05, 0.1) is 5.56 Å². The van der Waals surface area contributed by atoms with Crippen molar-refractivity contribution >= 4 is 40.3 Å². The highest BCUT2D eigenvalue weighted by Crippen LogP contribution is 2.38. The first-order chi connectivity index (χ1) is 14.2. The molecule has 0 saturated carbocycles. The molecule has 1 aliphatic rings. The standard InChI is InChI=1S/C20H16ClF3N4O2/c21-12-4-5-14(20(22,23)24)13(10-12)15-9-11-3-6-16(26-17(11)25-15)27-18(29)19(30)28-7-1-2-8-28/h3-6,9-10H,1-2,7-8H2,(H2,25,26,27,29). The highest BCUT2D eigenvalue weighted by Gasteiger charge is 2.34. The molecule has 156 valence electrons. The minimum Gasteiger partial charge on any atom is -0.339 e. The number of pyridine rings is 1. The van der Waals surface area contributed by atoms with E-state index in [0.717, 1.165) is 18.9 Å². The van der Waals surface area contributed by atoms with Crippen molar-refractivity contribution in [2.45, 2.75) is 19.0 Å². The van der Waals surface area contributed by atoms with Crippen LogP contribution in [-0.2, 0) is 15.8 Å². The number of nitrogens with one attached hydrogen (secondary N) is 2. The highest BCUT2D eigenvalue weighted by molar-refractivity contribution is 6.39. The Balaban J connectivity index is 1.63. The zero-order chi connectivity index (χ0) is 21.5. The van der Waals surface area contributed by atoms with Crippen molar-refractivity contribution in [3.05, 3.63) is 47.0 Å². The van der Waals surface area contributed by atoms with Gasteiger partial charge < -0.3 is 15.2 Å². The quantitative estimate of drug-likeness (QED) is 0.582. The lowest BCUT2D eigenvalue weighted by Crippen LogP contribution is -2.37. The van der Waals surface area contributed by atoms with Gasteiger partial charge in [-0.15, -0.1) is 0 Å². The van der Waals surface area contributed by atoms with Crippen molar-refractivity contribution in [1.29, 1.82) is 0 Å². The Labute approximate surface area is 174 Å². The van der Waals surface area contributed by atoms with Gasteiger partial charge >= 0.3 is 18.0 Å². The van der Waals surface area contributed by atoms with Crippen molar-refractivity contribution < 1.29 is 22.8 Å². The van der Waals surface area contributed by atoms with E-state index in [2.05, 4.69) is 15.3 Å². The van der Waals surface area contributed by atoms with Gasteiger partial charge in [-0.1, -0.05) is 11.6 Å². The SMILES string of the molecule is O=C(Nc1ccc2cc(-c3cc(Cl)ccc3C(F)(F)F)[nH]c2n1)C(=O)N1CCCC1. The minimum absolute atomic E-state index is 0.109. The van der Waals surface area contributed by atoms with E-state index in [9.17, 15) is 22.8 Å². The molecule has 0 spiro atoms. The summed E-state index contributed by atoms with van der Waals surface area (Å²) in [6.07, 6.45) is -2.84. The molecule has 1 aromatic carbocycles. The molecule has 0 bridgehead atoms. The number of likely N-dealkylation sites (tertiary alicyclic amines) is 1. The van der Waals surface area contributed by atoms with E-state index in [0.29, 0.717) is 18.5 Å². The molecule has 10 heteroatoms. The zero-order valence-electron chi connectivity index (χ0n) is 15.5. The first-order valence-corrected chi connectivity index (χ1v) is 9.57. The third-order valence-corrected chi connectivity index (χ3v) is 5.12. The summed E-state index contributed by atoms with van der Waals surface area (Å²) < 4.78 is 40.1. The Bertz CT molecular complexity index is 1140. The lowest BCUT2D eigenvalue weighted by Gasteiger charge is -2.14. The number of carbonyl (C=O) groups excluding carboxylic acids is 2. The number of rotatable bonds is 2. The maximum absolute atomic E-state index is 13.4. The predicted molar refractivity (Wildman–Crippen MR) is 106 cm³/mol. The lowest BCUT2D eigenvalue weighted by atomic mass is 10.0. The van der Waals surface area contributed by atoms with E-state index in [1.807, 2.05) is 0 Å². The molecular formula is C20H16ClF3N4O2. The van der Waals surface area contributed by atoms with Gasteiger partial charge in [0, 0.05) is 34.8 Å². The number of carbonyl (C=O) groups is 2. The number of hydrogen-bond acceptors (Lipinski definition) is 3. The van der Waals surface area contributed by atoms with Gasteiger partial charge in [-0.05, 0) is 49.2 Å². The molecule has 3 aromatic rings. The Kier molecular flexibility index (Phi) is 5.15. The molecule has 30 heavy (non-hydrogen) atoms. The highest BCUT2D eigenvalue weighted by atomic mass is 35.5.